The Morgan fingerprint density at radius 1 is 1.40 bits per heavy atom. The van der Waals surface area contributed by atoms with Crippen molar-refractivity contribution in [2.45, 2.75) is 26.0 Å². The van der Waals surface area contributed by atoms with Crippen LogP contribution in [-0.4, -0.2) is 35.7 Å². The van der Waals surface area contributed by atoms with Crippen molar-refractivity contribution in [2.24, 2.45) is 5.06 Å². The number of hydrogen-bond acceptors (Lipinski definition) is 6. The first-order valence-electron chi connectivity index (χ1n) is 7.29. The Morgan fingerprint density at radius 3 is 2.64 bits per heavy atom. The summed E-state index contributed by atoms with van der Waals surface area (Å²) in [7, 11) is 1.44. The molecular weight excluding hydrogens is 340 g/mol. The Labute approximate surface area is 141 Å². The van der Waals surface area contributed by atoms with Gasteiger partial charge >= 0.3 is 141 Å². The number of nitrogens with zero attached hydrogens (tertiary/aromatic N) is 3. The molecule has 2 rings (SSSR count). The Morgan fingerprint density at radius 2 is 2.08 bits per heavy atom. The monoisotopic (exact) mass is 354 g/mol. The molecule has 0 saturated heterocycles. The molecule has 7 nitrogen and oxygen atoms in total. The van der Waals surface area contributed by atoms with Crippen LogP contribution in [0.1, 0.15) is 30.1 Å². The predicted octanol–water partition coefficient (Wildman–Crippen LogP) is 2.67. The summed E-state index contributed by atoms with van der Waals surface area (Å²) in [6.45, 7) is 3.92. The Hall–Kier alpha value is -2.72. The van der Waals surface area contributed by atoms with Crippen LogP contribution in [0.3, 0.4) is 0 Å². The van der Waals surface area contributed by atoms with E-state index in [4.69, 9.17) is 4.84 Å². The average molecular weight is 354 g/mol. The van der Waals surface area contributed by atoms with Crippen LogP contribution in [0.25, 0.3) is 11.4 Å². The second kappa shape index (κ2) is 7.91. The van der Waals surface area contributed by atoms with Gasteiger partial charge in [-0.25, -0.2) is 0 Å². The van der Waals surface area contributed by atoms with Gasteiger partial charge in [0.1, 0.15) is 0 Å². The molecule has 2 aromatic rings. The molecule has 1 unspecified atom stereocenters. The fourth-order valence-corrected chi connectivity index (χ4v) is 1.76. The summed E-state index contributed by atoms with van der Waals surface area (Å²) in [5.41, 5.74) is 0.613. The van der Waals surface area contributed by atoms with Crippen LogP contribution in [0.15, 0.2) is 33.8 Å². The maximum absolute atomic E-state index is 12.5. The summed E-state index contributed by atoms with van der Waals surface area (Å²) in [5.74, 6) is -2.36. The van der Waals surface area contributed by atoms with E-state index in [1.807, 2.05) is 0 Å². The van der Waals surface area contributed by atoms with Gasteiger partial charge in [0.15, 0.2) is 0 Å². The van der Waals surface area contributed by atoms with E-state index in [0.717, 1.165) is 0 Å². The molecule has 1 amide bonds. The topological polar surface area (TPSA) is 89.6 Å². The molecular formula is C14H14BF3N4O3. The number of benzene rings is 1. The maximum atomic E-state index is 12.5. The molecule has 0 radical (unpaired) electrons. The second-order valence-electron chi connectivity index (χ2n) is 4.93. The van der Waals surface area contributed by atoms with E-state index in [2.05, 4.69) is 25.0 Å². The van der Waals surface area contributed by atoms with Gasteiger partial charge in [0.2, 0.25) is 0 Å². The van der Waals surface area contributed by atoms with Gasteiger partial charge in [-0.05, 0) is 0 Å². The fourth-order valence-electron chi connectivity index (χ4n) is 1.76. The van der Waals surface area contributed by atoms with Gasteiger partial charge in [0.25, 0.3) is 0 Å². The molecule has 11 heteroatoms. The van der Waals surface area contributed by atoms with Crippen LogP contribution in [0.4, 0.5) is 13.2 Å². The molecule has 0 aliphatic carbocycles. The van der Waals surface area contributed by atoms with E-state index in [1.54, 1.807) is 13.8 Å². The van der Waals surface area contributed by atoms with E-state index < -0.39 is 12.1 Å². The van der Waals surface area contributed by atoms with Crippen molar-refractivity contribution in [1.29, 1.82) is 0 Å². The number of halogens is 3. The standard InChI is InChI=1S/C14H14BF3N4O3/c1-3-24-22-15-8(2)19-12(23)10-6-4-9(5-7-10)11-20-13(25-21-11)14(16,17)18/h4-8H,3H2,1-2H3,(H,19,23). The molecule has 0 aliphatic heterocycles. The van der Waals surface area contributed by atoms with Gasteiger partial charge in [-0.15, -0.1) is 0 Å². The molecule has 1 aromatic heterocycles. The van der Waals surface area contributed by atoms with Crippen molar-refractivity contribution in [3.8, 4) is 11.4 Å². The van der Waals surface area contributed by atoms with Crippen LogP contribution in [-0.2, 0) is 11.0 Å². The number of carbonyl (C=O) groups is 1. The average Bonchev–Trinajstić information content (AvgIpc) is 3.05. The molecule has 0 saturated carbocycles. The summed E-state index contributed by atoms with van der Waals surface area (Å²) >= 11 is 0. The van der Waals surface area contributed by atoms with Gasteiger partial charge in [0, 0.05) is 0 Å². The number of aromatic nitrogens is 2. The van der Waals surface area contributed by atoms with Crippen molar-refractivity contribution in [2.75, 3.05) is 6.61 Å². The summed E-state index contributed by atoms with van der Waals surface area (Å²) < 4.78 is 41.5. The minimum absolute atomic E-state index is 0.212. The van der Waals surface area contributed by atoms with E-state index in [-0.39, 0.29) is 17.7 Å². The first-order chi connectivity index (χ1) is 11.8. The molecule has 1 heterocycles. The van der Waals surface area contributed by atoms with E-state index in [1.165, 1.54) is 31.3 Å². The molecule has 0 fully saturated rings. The van der Waals surface area contributed by atoms with Crippen LogP contribution >= 0.6 is 0 Å². The Bertz CT molecular complexity index is 747. The molecule has 0 bridgehead atoms. The number of rotatable bonds is 6. The van der Waals surface area contributed by atoms with E-state index >= 15 is 0 Å². The van der Waals surface area contributed by atoms with Crippen molar-refractivity contribution >= 4 is 13.0 Å². The van der Waals surface area contributed by atoms with Gasteiger partial charge in [-0.1, -0.05) is 0 Å². The van der Waals surface area contributed by atoms with Gasteiger partial charge < -0.3 is 0 Å². The first-order valence-corrected chi connectivity index (χ1v) is 7.29. The Balaban J connectivity index is 2.04. The molecule has 25 heavy (non-hydrogen) atoms. The quantitative estimate of drug-likeness (QED) is 0.636. The molecule has 1 aromatic carbocycles. The van der Waals surface area contributed by atoms with Crippen molar-refractivity contribution in [1.82, 2.24) is 15.5 Å². The van der Waals surface area contributed by atoms with Crippen molar-refractivity contribution < 1.29 is 27.3 Å². The second-order valence-corrected chi connectivity index (χ2v) is 4.93. The van der Waals surface area contributed by atoms with Crippen LogP contribution < -0.4 is 5.32 Å². The molecule has 0 spiro atoms. The number of alkyl halides is 3. The summed E-state index contributed by atoms with van der Waals surface area (Å²) in [4.78, 5) is 20.1. The minimum atomic E-state index is -4.70. The Kier molecular flexibility index (Phi) is 5.89. The number of amides is 1. The van der Waals surface area contributed by atoms with Crippen molar-refractivity contribution in [3.63, 3.8) is 0 Å². The zero-order valence-corrected chi connectivity index (χ0v) is 13.4. The summed E-state index contributed by atoms with van der Waals surface area (Å²) in [5, 5.41) is 9.61. The predicted molar refractivity (Wildman–Crippen MR) is 81.5 cm³/mol. The third kappa shape index (κ3) is 5.13. The normalized spacial score (nSPS) is 12.7. The van der Waals surface area contributed by atoms with Crippen molar-refractivity contribution in [3.05, 3.63) is 35.7 Å². The van der Waals surface area contributed by atoms with Crippen LogP contribution in [0, 0.1) is 0 Å². The van der Waals surface area contributed by atoms with Crippen LogP contribution in [0.2, 0.25) is 0 Å². The van der Waals surface area contributed by atoms with E-state index in [0.29, 0.717) is 17.7 Å². The number of nitrogens with one attached hydrogen (secondary N) is 1. The molecule has 0 aliphatic rings. The SMILES string of the molecule is CCO/N=B/C(C)NC(=O)c1ccc(-c2noc(C(F)(F)F)n2)cc1. The third-order valence-corrected chi connectivity index (χ3v) is 2.92. The molecule has 1 N–H and O–H groups in total. The van der Waals surface area contributed by atoms with Gasteiger partial charge in [0.05, 0.1) is 0 Å². The zero-order valence-electron chi connectivity index (χ0n) is 13.4. The first kappa shape index (κ1) is 18.6. The molecule has 132 valence electrons. The van der Waals surface area contributed by atoms with Crippen LogP contribution in [0.5, 0.6) is 0 Å². The number of hydrogen-bond donors (Lipinski definition) is 1. The van der Waals surface area contributed by atoms with E-state index in [9.17, 15) is 18.0 Å². The summed E-state index contributed by atoms with van der Waals surface area (Å²) in [6, 6.07) is 5.75. The van der Waals surface area contributed by atoms with Gasteiger partial charge in [-0.2, -0.15) is 0 Å². The fraction of sp³-hybridized carbons (Fsp3) is 0.357. The summed E-state index contributed by atoms with van der Waals surface area (Å²) in [6.07, 6.45) is -4.70. The zero-order chi connectivity index (χ0) is 18.4. The third-order valence-electron chi connectivity index (χ3n) is 2.92. The number of carbonyl (C=O) groups excluding carboxylic acids is 1. The van der Waals surface area contributed by atoms with Gasteiger partial charge in [-0.3, -0.25) is 0 Å². The molecule has 1 atom stereocenters.